The Morgan fingerprint density at radius 2 is 2.20 bits per heavy atom. The predicted octanol–water partition coefficient (Wildman–Crippen LogP) is 1.83. The van der Waals surface area contributed by atoms with Crippen molar-refractivity contribution in [1.82, 2.24) is 4.90 Å². The molecule has 3 heteroatoms. The van der Waals surface area contributed by atoms with E-state index in [2.05, 4.69) is 16.8 Å². The van der Waals surface area contributed by atoms with Gasteiger partial charge in [0.1, 0.15) is 0 Å². The molecule has 1 heterocycles. The molecular formula is C12H24N2O. The maximum absolute atomic E-state index is 5.23. The van der Waals surface area contributed by atoms with E-state index in [9.17, 15) is 0 Å². The predicted molar refractivity (Wildman–Crippen MR) is 64.7 cm³/mol. The van der Waals surface area contributed by atoms with E-state index in [0.717, 1.165) is 19.1 Å². The van der Waals surface area contributed by atoms with Crippen LogP contribution >= 0.6 is 0 Å². The van der Waals surface area contributed by atoms with Crippen molar-refractivity contribution in [2.45, 2.75) is 26.2 Å². The van der Waals surface area contributed by atoms with Crippen LogP contribution in [-0.2, 0) is 4.74 Å². The number of rotatable bonds is 4. The summed E-state index contributed by atoms with van der Waals surface area (Å²) in [5.74, 6) is 0.763. The van der Waals surface area contributed by atoms with Gasteiger partial charge >= 0.3 is 0 Å². The van der Waals surface area contributed by atoms with Crippen LogP contribution in [0, 0.1) is 5.92 Å². The SMILES string of the molecule is CN=C(C)CN1CCCC(COC)CC1. The summed E-state index contributed by atoms with van der Waals surface area (Å²) in [6.45, 7) is 6.48. The first-order valence-electron chi connectivity index (χ1n) is 5.89. The summed E-state index contributed by atoms with van der Waals surface area (Å²) in [4.78, 5) is 6.73. The minimum atomic E-state index is 0.763. The molecular weight excluding hydrogens is 188 g/mol. The number of likely N-dealkylation sites (tertiary alicyclic amines) is 1. The first kappa shape index (κ1) is 12.7. The van der Waals surface area contributed by atoms with Crippen LogP contribution in [0.4, 0.5) is 0 Å². The highest BCUT2D eigenvalue weighted by Gasteiger charge is 2.16. The number of ether oxygens (including phenoxy) is 1. The third kappa shape index (κ3) is 4.76. The van der Waals surface area contributed by atoms with Gasteiger partial charge in [0.15, 0.2) is 0 Å². The van der Waals surface area contributed by atoms with Gasteiger partial charge in [-0.3, -0.25) is 9.89 Å². The van der Waals surface area contributed by atoms with Crippen LogP contribution in [0.5, 0.6) is 0 Å². The van der Waals surface area contributed by atoms with Crippen molar-refractivity contribution >= 4 is 5.71 Å². The molecule has 0 spiro atoms. The molecule has 0 amide bonds. The van der Waals surface area contributed by atoms with Gasteiger partial charge in [0.2, 0.25) is 0 Å². The topological polar surface area (TPSA) is 24.8 Å². The summed E-state index contributed by atoms with van der Waals surface area (Å²) in [7, 11) is 3.68. The molecule has 0 aliphatic carbocycles. The van der Waals surface area contributed by atoms with Gasteiger partial charge < -0.3 is 4.74 Å². The summed E-state index contributed by atoms with van der Waals surface area (Å²) in [6.07, 6.45) is 3.88. The normalized spacial score (nSPS) is 25.3. The van der Waals surface area contributed by atoms with E-state index in [0.29, 0.717) is 0 Å². The molecule has 1 atom stereocenters. The van der Waals surface area contributed by atoms with Gasteiger partial charge in [-0.15, -0.1) is 0 Å². The Bertz CT molecular complexity index is 204. The lowest BCUT2D eigenvalue weighted by Gasteiger charge is -2.19. The molecule has 0 aromatic carbocycles. The molecule has 1 saturated heterocycles. The van der Waals surface area contributed by atoms with Gasteiger partial charge in [-0.05, 0) is 45.2 Å². The van der Waals surface area contributed by atoms with Gasteiger partial charge in [-0.2, -0.15) is 0 Å². The molecule has 1 aliphatic rings. The molecule has 1 rings (SSSR count). The fourth-order valence-electron chi connectivity index (χ4n) is 2.18. The molecule has 0 aromatic heterocycles. The highest BCUT2D eigenvalue weighted by molar-refractivity contribution is 5.83. The van der Waals surface area contributed by atoms with E-state index < -0.39 is 0 Å². The molecule has 1 aliphatic heterocycles. The fraction of sp³-hybridized carbons (Fsp3) is 0.917. The van der Waals surface area contributed by atoms with Crippen molar-refractivity contribution in [1.29, 1.82) is 0 Å². The Kier molecular flexibility index (Phi) is 5.88. The fourth-order valence-corrected chi connectivity index (χ4v) is 2.18. The molecule has 3 nitrogen and oxygen atoms in total. The molecule has 1 unspecified atom stereocenters. The molecule has 0 bridgehead atoms. The van der Waals surface area contributed by atoms with E-state index in [4.69, 9.17) is 4.74 Å². The smallest absolute Gasteiger partial charge is 0.0490 e. The maximum Gasteiger partial charge on any atom is 0.0490 e. The van der Waals surface area contributed by atoms with Crippen LogP contribution in [0.2, 0.25) is 0 Å². The van der Waals surface area contributed by atoms with Crippen molar-refractivity contribution in [2.75, 3.05) is 40.4 Å². The average Bonchev–Trinajstić information content (AvgIpc) is 2.45. The van der Waals surface area contributed by atoms with Gasteiger partial charge in [0, 0.05) is 33.0 Å². The number of hydrogen-bond donors (Lipinski definition) is 0. The van der Waals surface area contributed by atoms with Crippen LogP contribution in [0.1, 0.15) is 26.2 Å². The minimum absolute atomic E-state index is 0.763. The molecule has 0 radical (unpaired) electrons. The van der Waals surface area contributed by atoms with Gasteiger partial charge in [0.05, 0.1) is 0 Å². The van der Waals surface area contributed by atoms with Crippen molar-refractivity contribution < 1.29 is 4.74 Å². The second-order valence-electron chi connectivity index (χ2n) is 4.49. The molecule has 0 aromatic rings. The molecule has 88 valence electrons. The van der Waals surface area contributed by atoms with Crippen molar-refractivity contribution in [3.63, 3.8) is 0 Å². The van der Waals surface area contributed by atoms with Crippen LogP contribution < -0.4 is 0 Å². The van der Waals surface area contributed by atoms with Crippen molar-refractivity contribution in [3.8, 4) is 0 Å². The zero-order valence-electron chi connectivity index (χ0n) is 10.3. The van der Waals surface area contributed by atoms with E-state index >= 15 is 0 Å². The number of aliphatic imine (C=N–C) groups is 1. The zero-order chi connectivity index (χ0) is 11.1. The zero-order valence-corrected chi connectivity index (χ0v) is 10.3. The molecule has 0 N–H and O–H groups in total. The number of methoxy groups -OCH3 is 1. The Balaban J connectivity index is 2.32. The second-order valence-corrected chi connectivity index (χ2v) is 4.49. The van der Waals surface area contributed by atoms with Gasteiger partial charge in [0.25, 0.3) is 0 Å². The molecule has 15 heavy (non-hydrogen) atoms. The van der Waals surface area contributed by atoms with Crippen LogP contribution in [0.25, 0.3) is 0 Å². The van der Waals surface area contributed by atoms with Crippen LogP contribution in [-0.4, -0.2) is 51.0 Å². The Labute approximate surface area is 93.5 Å². The monoisotopic (exact) mass is 212 g/mol. The minimum Gasteiger partial charge on any atom is -0.384 e. The lowest BCUT2D eigenvalue weighted by Crippen LogP contribution is -2.30. The summed E-state index contributed by atoms with van der Waals surface area (Å²) in [6, 6.07) is 0. The highest BCUT2D eigenvalue weighted by Crippen LogP contribution is 2.17. The summed E-state index contributed by atoms with van der Waals surface area (Å²) >= 11 is 0. The quantitative estimate of drug-likeness (QED) is 0.664. The van der Waals surface area contributed by atoms with Gasteiger partial charge in [-0.25, -0.2) is 0 Å². The van der Waals surface area contributed by atoms with E-state index in [1.165, 1.54) is 38.1 Å². The van der Waals surface area contributed by atoms with E-state index in [1.807, 2.05) is 7.05 Å². The Morgan fingerprint density at radius 3 is 2.87 bits per heavy atom. The van der Waals surface area contributed by atoms with Crippen molar-refractivity contribution in [2.24, 2.45) is 10.9 Å². The van der Waals surface area contributed by atoms with Crippen LogP contribution in [0.15, 0.2) is 4.99 Å². The van der Waals surface area contributed by atoms with E-state index in [1.54, 1.807) is 7.11 Å². The second kappa shape index (κ2) is 6.96. The average molecular weight is 212 g/mol. The third-order valence-corrected chi connectivity index (χ3v) is 3.18. The summed E-state index contributed by atoms with van der Waals surface area (Å²) in [5, 5.41) is 0. The number of hydrogen-bond acceptors (Lipinski definition) is 3. The Hall–Kier alpha value is -0.410. The third-order valence-electron chi connectivity index (χ3n) is 3.18. The highest BCUT2D eigenvalue weighted by atomic mass is 16.5. The first-order chi connectivity index (χ1) is 7.26. The standard InChI is InChI=1S/C12H24N2O/c1-11(13-2)9-14-7-4-5-12(6-8-14)10-15-3/h12H,4-10H2,1-3H3. The lowest BCUT2D eigenvalue weighted by molar-refractivity contribution is 0.144. The summed E-state index contributed by atoms with van der Waals surface area (Å²) < 4.78 is 5.23. The first-order valence-corrected chi connectivity index (χ1v) is 5.89. The largest absolute Gasteiger partial charge is 0.384 e. The lowest BCUT2D eigenvalue weighted by atomic mass is 10.0. The maximum atomic E-state index is 5.23. The summed E-state index contributed by atoms with van der Waals surface area (Å²) in [5.41, 5.74) is 1.24. The number of nitrogens with zero attached hydrogens (tertiary/aromatic N) is 2. The van der Waals surface area contributed by atoms with Gasteiger partial charge in [-0.1, -0.05) is 0 Å². The van der Waals surface area contributed by atoms with Crippen molar-refractivity contribution in [3.05, 3.63) is 0 Å². The van der Waals surface area contributed by atoms with Crippen LogP contribution in [0.3, 0.4) is 0 Å². The Morgan fingerprint density at radius 1 is 1.40 bits per heavy atom. The molecule has 0 saturated carbocycles. The van der Waals surface area contributed by atoms with E-state index in [-0.39, 0.29) is 0 Å². The molecule has 1 fully saturated rings.